The van der Waals surface area contributed by atoms with Gasteiger partial charge in [-0.05, 0) is 30.3 Å². The highest BCUT2D eigenvalue weighted by molar-refractivity contribution is 6.35. The third kappa shape index (κ3) is 5.04. The summed E-state index contributed by atoms with van der Waals surface area (Å²) in [5, 5.41) is 11.3. The third-order valence-corrected chi connectivity index (χ3v) is 3.78. The number of ketones is 1. The van der Waals surface area contributed by atoms with Crippen LogP contribution in [-0.2, 0) is 12.4 Å². The van der Waals surface area contributed by atoms with Gasteiger partial charge >= 0.3 is 12.4 Å². The molecule has 28 heavy (non-hydrogen) atoms. The first-order valence-electron chi connectivity index (χ1n) is 7.39. The minimum absolute atomic E-state index is 0.0327. The van der Waals surface area contributed by atoms with Gasteiger partial charge in [-0.25, -0.2) is 0 Å². The fourth-order valence-corrected chi connectivity index (χ4v) is 2.35. The Kier molecular flexibility index (Phi) is 6.04. The maximum atomic E-state index is 12.9. The molecule has 2 rings (SSSR count). The van der Waals surface area contributed by atoms with Gasteiger partial charge in [0.2, 0.25) is 5.78 Å². The summed E-state index contributed by atoms with van der Waals surface area (Å²) >= 11 is 5.85. The van der Waals surface area contributed by atoms with E-state index < -0.39 is 40.5 Å². The Bertz CT molecular complexity index is 941. The van der Waals surface area contributed by atoms with Gasteiger partial charge < -0.3 is 5.32 Å². The molecule has 0 heterocycles. The Morgan fingerprint density at radius 3 is 2.00 bits per heavy atom. The molecule has 0 fully saturated rings. The van der Waals surface area contributed by atoms with Crippen LogP contribution < -0.4 is 5.32 Å². The number of nitrogens with one attached hydrogen (secondary N) is 1. The smallest absolute Gasteiger partial charge is 0.360 e. The Hall–Kier alpha value is -2.99. The molecular formula is C18H9ClF6N2O. The lowest BCUT2D eigenvalue weighted by Gasteiger charge is -2.14. The van der Waals surface area contributed by atoms with Crippen LogP contribution in [0.4, 0.5) is 32.0 Å². The largest absolute Gasteiger partial charge is 0.416 e. The number of nitriles is 1. The standard InChI is InChI=1S/C18H9ClF6N2O/c19-15-4-2-1-3-14(15)16(28)10(8-26)9-27-13-6-11(17(20,21)22)5-12(7-13)18(23,24)25/h1-7,9,27H/b10-9+. The number of anilines is 1. The molecule has 3 nitrogen and oxygen atoms in total. The zero-order valence-electron chi connectivity index (χ0n) is 13.6. The molecule has 0 bridgehead atoms. The molecular weight excluding hydrogens is 410 g/mol. The number of nitrogens with zero attached hydrogens (tertiary/aromatic N) is 1. The van der Waals surface area contributed by atoms with Gasteiger partial charge in [0.05, 0.1) is 16.1 Å². The van der Waals surface area contributed by atoms with Crippen molar-refractivity contribution in [2.24, 2.45) is 0 Å². The number of allylic oxidation sites excluding steroid dienone is 1. The van der Waals surface area contributed by atoms with E-state index in [4.69, 9.17) is 16.9 Å². The summed E-state index contributed by atoms with van der Waals surface area (Å²) in [4.78, 5) is 12.3. The number of hydrogen-bond acceptors (Lipinski definition) is 3. The van der Waals surface area contributed by atoms with E-state index in [0.29, 0.717) is 12.1 Å². The number of alkyl halides is 6. The van der Waals surface area contributed by atoms with Gasteiger partial charge in [0.25, 0.3) is 0 Å². The normalized spacial score (nSPS) is 12.4. The van der Waals surface area contributed by atoms with Crippen molar-refractivity contribution in [1.82, 2.24) is 0 Å². The highest BCUT2D eigenvalue weighted by Gasteiger charge is 2.36. The Morgan fingerprint density at radius 2 is 1.54 bits per heavy atom. The van der Waals surface area contributed by atoms with E-state index in [1.807, 2.05) is 0 Å². The van der Waals surface area contributed by atoms with Gasteiger partial charge in [0, 0.05) is 17.5 Å². The van der Waals surface area contributed by atoms with Gasteiger partial charge in [-0.2, -0.15) is 31.6 Å². The monoisotopic (exact) mass is 418 g/mol. The molecule has 0 aliphatic carbocycles. The lowest BCUT2D eigenvalue weighted by molar-refractivity contribution is -0.143. The lowest BCUT2D eigenvalue weighted by Crippen LogP contribution is -2.12. The van der Waals surface area contributed by atoms with Crippen molar-refractivity contribution >= 4 is 23.1 Å². The first kappa shape index (κ1) is 21.3. The maximum Gasteiger partial charge on any atom is 0.416 e. The molecule has 0 spiro atoms. The van der Waals surface area contributed by atoms with Crippen LogP contribution >= 0.6 is 11.6 Å². The molecule has 10 heteroatoms. The van der Waals surface area contributed by atoms with Crippen molar-refractivity contribution in [2.75, 3.05) is 5.32 Å². The van der Waals surface area contributed by atoms with E-state index in [1.54, 1.807) is 0 Å². The summed E-state index contributed by atoms with van der Waals surface area (Å²) in [6.07, 6.45) is -9.32. The topological polar surface area (TPSA) is 52.9 Å². The molecule has 0 aromatic heterocycles. The highest BCUT2D eigenvalue weighted by Crippen LogP contribution is 2.37. The van der Waals surface area contributed by atoms with E-state index in [9.17, 15) is 31.1 Å². The molecule has 2 aromatic rings. The number of benzene rings is 2. The number of Topliss-reactive ketones (excluding diaryl/α,β-unsaturated/α-hetero) is 1. The first-order valence-corrected chi connectivity index (χ1v) is 7.77. The van der Waals surface area contributed by atoms with Gasteiger partial charge in [-0.3, -0.25) is 4.79 Å². The molecule has 0 unspecified atom stereocenters. The fraction of sp³-hybridized carbons (Fsp3) is 0.111. The van der Waals surface area contributed by atoms with E-state index in [-0.39, 0.29) is 16.7 Å². The number of carbonyl (C=O) groups excluding carboxylic acids is 1. The summed E-state index contributed by atoms with van der Waals surface area (Å²) in [5.74, 6) is -0.844. The van der Waals surface area contributed by atoms with E-state index in [1.165, 1.54) is 30.3 Å². The summed E-state index contributed by atoms with van der Waals surface area (Å²) < 4.78 is 77.2. The van der Waals surface area contributed by atoms with E-state index >= 15 is 0 Å². The first-order chi connectivity index (χ1) is 12.9. The van der Waals surface area contributed by atoms with Crippen molar-refractivity contribution in [1.29, 1.82) is 5.26 Å². The molecule has 146 valence electrons. The summed E-state index contributed by atoms with van der Waals surface area (Å²) in [6, 6.07) is 8.09. The van der Waals surface area contributed by atoms with Crippen LogP contribution in [0.15, 0.2) is 54.2 Å². The predicted octanol–water partition coefficient (Wildman–Crippen LogP) is 6.08. The van der Waals surface area contributed by atoms with Crippen molar-refractivity contribution in [3.05, 3.63) is 76.0 Å². The molecule has 1 N–H and O–H groups in total. The van der Waals surface area contributed by atoms with E-state index in [0.717, 1.165) is 6.20 Å². The molecule has 0 aliphatic rings. The molecule has 0 saturated heterocycles. The fourth-order valence-electron chi connectivity index (χ4n) is 2.13. The van der Waals surface area contributed by atoms with Gasteiger partial charge in [0.1, 0.15) is 11.6 Å². The summed E-state index contributed by atoms with van der Waals surface area (Å²) in [6.45, 7) is 0. The Labute approximate surface area is 159 Å². The minimum Gasteiger partial charge on any atom is -0.360 e. The van der Waals surface area contributed by atoms with Crippen molar-refractivity contribution in [3.63, 3.8) is 0 Å². The predicted molar refractivity (Wildman–Crippen MR) is 89.5 cm³/mol. The number of halogens is 7. The van der Waals surface area contributed by atoms with Gasteiger partial charge in [0.15, 0.2) is 0 Å². The van der Waals surface area contributed by atoms with Crippen LogP contribution in [-0.4, -0.2) is 5.78 Å². The molecule has 0 atom stereocenters. The zero-order valence-corrected chi connectivity index (χ0v) is 14.4. The molecule has 2 aromatic carbocycles. The van der Waals surface area contributed by atoms with Crippen LogP contribution in [0.3, 0.4) is 0 Å². The Balaban J connectivity index is 2.42. The second-order valence-electron chi connectivity index (χ2n) is 5.42. The number of carbonyl (C=O) groups is 1. The van der Waals surface area contributed by atoms with Crippen LogP contribution in [0.1, 0.15) is 21.5 Å². The average Bonchev–Trinajstić information content (AvgIpc) is 2.60. The third-order valence-electron chi connectivity index (χ3n) is 3.45. The molecule has 0 saturated carbocycles. The average molecular weight is 419 g/mol. The van der Waals surface area contributed by atoms with Crippen LogP contribution in [0.25, 0.3) is 0 Å². The van der Waals surface area contributed by atoms with Crippen LogP contribution in [0.5, 0.6) is 0 Å². The second-order valence-corrected chi connectivity index (χ2v) is 5.82. The Morgan fingerprint density at radius 1 is 1.00 bits per heavy atom. The van der Waals surface area contributed by atoms with Gasteiger partial charge in [-0.1, -0.05) is 23.7 Å². The summed E-state index contributed by atoms with van der Waals surface area (Å²) in [5.41, 5.74) is -4.26. The van der Waals surface area contributed by atoms with Crippen molar-refractivity contribution < 1.29 is 31.1 Å². The minimum atomic E-state index is -5.02. The van der Waals surface area contributed by atoms with Crippen molar-refractivity contribution in [2.45, 2.75) is 12.4 Å². The molecule has 0 amide bonds. The highest BCUT2D eigenvalue weighted by atomic mass is 35.5. The number of hydrogen-bond donors (Lipinski definition) is 1. The molecule has 0 aliphatic heterocycles. The second kappa shape index (κ2) is 7.94. The van der Waals surface area contributed by atoms with E-state index in [2.05, 4.69) is 5.32 Å². The summed E-state index contributed by atoms with van der Waals surface area (Å²) in [7, 11) is 0. The number of rotatable bonds is 4. The molecule has 0 radical (unpaired) electrons. The quantitative estimate of drug-likeness (QED) is 0.283. The SMILES string of the molecule is N#C/C(=C\Nc1cc(C(F)(F)F)cc(C(F)(F)F)c1)C(=O)c1ccccc1Cl. The van der Waals surface area contributed by atoms with Gasteiger partial charge in [-0.15, -0.1) is 0 Å². The van der Waals surface area contributed by atoms with Crippen molar-refractivity contribution in [3.8, 4) is 6.07 Å². The lowest BCUT2D eigenvalue weighted by atomic mass is 10.0. The maximum absolute atomic E-state index is 12.9. The van der Waals surface area contributed by atoms with Crippen LogP contribution in [0.2, 0.25) is 5.02 Å². The zero-order chi connectivity index (χ0) is 21.1. The van der Waals surface area contributed by atoms with Crippen LogP contribution in [0, 0.1) is 11.3 Å².